The highest BCUT2D eigenvalue weighted by Crippen LogP contribution is 2.23. The number of aromatic carboxylic acids is 1. The average Bonchev–Trinajstić information content (AvgIpc) is 2.46. The fourth-order valence-corrected chi connectivity index (χ4v) is 2.55. The van der Waals surface area contributed by atoms with Crippen molar-refractivity contribution in [3.63, 3.8) is 0 Å². The molecule has 20 heavy (non-hydrogen) atoms. The molecule has 5 nitrogen and oxygen atoms in total. The van der Waals surface area contributed by atoms with Gasteiger partial charge in [-0.15, -0.1) is 0 Å². The number of aliphatic hydroxyl groups is 1. The average molecular weight is 277 g/mol. The Morgan fingerprint density at radius 2 is 1.90 bits per heavy atom. The lowest BCUT2D eigenvalue weighted by Gasteiger charge is -2.27. The molecule has 2 rings (SSSR count). The Hall–Kier alpha value is -1.88. The lowest BCUT2D eigenvalue weighted by Crippen LogP contribution is -2.36. The zero-order valence-electron chi connectivity index (χ0n) is 11.2. The first kappa shape index (κ1) is 14.5. The van der Waals surface area contributed by atoms with Crippen LogP contribution in [0.15, 0.2) is 24.3 Å². The molecular formula is C15H19NO4. The van der Waals surface area contributed by atoms with Gasteiger partial charge in [0.25, 0.3) is 5.91 Å². The number of carboxylic acids is 1. The minimum absolute atomic E-state index is 0.0929. The van der Waals surface area contributed by atoms with Gasteiger partial charge in [-0.2, -0.15) is 0 Å². The molecule has 0 radical (unpaired) electrons. The van der Waals surface area contributed by atoms with E-state index in [1.807, 2.05) is 0 Å². The summed E-state index contributed by atoms with van der Waals surface area (Å²) in [6.07, 6.45) is 3.46. The fourth-order valence-electron chi connectivity index (χ4n) is 2.55. The van der Waals surface area contributed by atoms with Crippen LogP contribution in [0.5, 0.6) is 0 Å². The van der Waals surface area contributed by atoms with Crippen LogP contribution in [0.1, 0.15) is 46.4 Å². The van der Waals surface area contributed by atoms with Gasteiger partial charge in [-0.3, -0.25) is 4.79 Å². The smallest absolute Gasteiger partial charge is 0.335 e. The number of carbonyl (C=O) groups excluding carboxylic acids is 1. The van der Waals surface area contributed by atoms with E-state index in [1.54, 1.807) is 12.1 Å². The largest absolute Gasteiger partial charge is 0.478 e. The summed E-state index contributed by atoms with van der Waals surface area (Å²) in [5.74, 6) is -1.26. The third kappa shape index (κ3) is 3.57. The predicted molar refractivity (Wildman–Crippen MR) is 73.7 cm³/mol. The van der Waals surface area contributed by atoms with Gasteiger partial charge < -0.3 is 15.5 Å². The molecular weight excluding hydrogens is 258 g/mol. The third-order valence-electron chi connectivity index (χ3n) is 3.77. The SMILES string of the molecule is O=C(O)c1cccc(C(=O)NC[C@@H]2CCCC[C@H]2O)c1. The normalized spacial score (nSPS) is 22.2. The van der Waals surface area contributed by atoms with Gasteiger partial charge in [-0.25, -0.2) is 4.79 Å². The van der Waals surface area contributed by atoms with Crippen LogP contribution >= 0.6 is 0 Å². The highest BCUT2D eigenvalue weighted by atomic mass is 16.4. The van der Waals surface area contributed by atoms with Crippen LogP contribution in [0, 0.1) is 5.92 Å². The second-order valence-electron chi connectivity index (χ2n) is 5.21. The highest BCUT2D eigenvalue weighted by molar-refractivity contribution is 5.97. The van der Waals surface area contributed by atoms with Crippen LogP contribution in [-0.4, -0.2) is 34.7 Å². The Morgan fingerprint density at radius 1 is 1.20 bits per heavy atom. The predicted octanol–water partition coefficient (Wildman–Crippen LogP) is 1.67. The topological polar surface area (TPSA) is 86.6 Å². The number of carboxylic acid groups (broad SMARTS) is 1. The van der Waals surface area contributed by atoms with Crippen LogP contribution in [0.4, 0.5) is 0 Å². The molecule has 0 aliphatic heterocycles. The van der Waals surface area contributed by atoms with Gasteiger partial charge in [0.05, 0.1) is 11.7 Å². The maximum atomic E-state index is 12.0. The van der Waals surface area contributed by atoms with Crippen molar-refractivity contribution in [1.82, 2.24) is 5.32 Å². The fraction of sp³-hybridized carbons (Fsp3) is 0.467. The van der Waals surface area contributed by atoms with Crippen LogP contribution in [0.25, 0.3) is 0 Å². The molecule has 5 heteroatoms. The summed E-state index contributed by atoms with van der Waals surface area (Å²) in [4.78, 5) is 22.8. The monoisotopic (exact) mass is 277 g/mol. The van der Waals surface area contributed by atoms with E-state index in [4.69, 9.17) is 5.11 Å². The molecule has 108 valence electrons. The molecule has 1 fully saturated rings. The molecule has 3 N–H and O–H groups in total. The number of nitrogens with one attached hydrogen (secondary N) is 1. The van der Waals surface area contributed by atoms with E-state index in [2.05, 4.69) is 5.32 Å². The molecule has 0 unspecified atom stereocenters. The van der Waals surface area contributed by atoms with E-state index in [-0.39, 0.29) is 23.5 Å². The maximum Gasteiger partial charge on any atom is 0.335 e. The van der Waals surface area contributed by atoms with Crippen LogP contribution in [0.2, 0.25) is 0 Å². The first-order valence-corrected chi connectivity index (χ1v) is 6.87. The number of carbonyl (C=O) groups is 2. The van der Waals surface area contributed by atoms with Gasteiger partial charge in [0.1, 0.15) is 0 Å². The summed E-state index contributed by atoms with van der Waals surface area (Å²) in [5, 5.41) is 21.5. The van der Waals surface area contributed by atoms with Crippen molar-refractivity contribution in [2.24, 2.45) is 5.92 Å². The molecule has 0 saturated heterocycles. The quantitative estimate of drug-likeness (QED) is 0.781. The first-order chi connectivity index (χ1) is 9.58. The minimum atomic E-state index is -1.05. The highest BCUT2D eigenvalue weighted by Gasteiger charge is 2.23. The number of hydrogen-bond donors (Lipinski definition) is 3. The van der Waals surface area contributed by atoms with E-state index >= 15 is 0 Å². The van der Waals surface area contributed by atoms with Crippen molar-refractivity contribution in [3.05, 3.63) is 35.4 Å². The number of aliphatic hydroxyl groups excluding tert-OH is 1. The Bertz CT molecular complexity index is 500. The molecule has 1 saturated carbocycles. The van der Waals surface area contributed by atoms with Gasteiger partial charge in [0, 0.05) is 18.0 Å². The first-order valence-electron chi connectivity index (χ1n) is 6.87. The van der Waals surface area contributed by atoms with E-state index in [9.17, 15) is 14.7 Å². The van der Waals surface area contributed by atoms with Gasteiger partial charge in [0.2, 0.25) is 0 Å². The second kappa shape index (κ2) is 6.52. The summed E-state index contributed by atoms with van der Waals surface area (Å²) in [6, 6.07) is 5.94. The van der Waals surface area contributed by atoms with Crippen molar-refractivity contribution in [2.75, 3.05) is 6.54 Å². The van der Waals surface area contributed by atoms with E-state index < -0.39 is 5.97 Å². The molecule has 0 spiro atoms. The van der Waals surface area contributed by atoms with Crippen LogP contribution in [-0.2, 0) is 0 Å². The van der Waals surface area contributed by atoms with Crippen LogP contribution in [0.3, 0.4) is 0 Å². The van der Waals surface area contributed by atoms with Crippen molar-refractivity contribution in [1.29, 1.82) is 0 Å². The molecule has 1 aromatic carbocycles. The summed E-state index contributed by atoms with van der Waals surface area (Å²) in [6.45, 7) is 0.428. The van der Waals surface area contributed by atoms with Gasteiger partial charge in [-0.1, -0.05) is 18.9 Å². The summed E-state index contributed by atoms with van der Waals surface area (Å²) in [7, 11) is 0. The molecule has 0 bridgehead atoms. The van der Waals surface area contributed by atoms with E-state index in [0.717, 1.165) is 25.7 Å². The Labute approximate surface area is 117 Å². The Kier molecular flexibility index (Phi) is 4.74. The van der Waals surface area contributed by atoms with Crippen molar-refractivity contribution >= 4 is 11.9 Å². The van der Waals surface area contributed by atoms with Crippen molar-refractivity contribution < 1.29 is 19.8 Å². The molecule has 2 atom stereocenters. The van der Waals surface area contributed by atoms with Gasteiger partial charge in [-0.05, 0) is 31.0 Å². The van der Waals surface area contributed by atoms with Gasteiger partial charge >= 0.3 is 5.97 Å². The molecule has 1 aromatic rings. The van der Waals surface area contributed by atoms with Gasteiger partial charge in [0.15, 0.2) is 0 Å². The molecule has 1 amide bonds. The van der Waals surface area contributed by atoms with Crippen molar-refractivity contribution in [3.8, 4) is 0 Å². The molecule has 1 aliphatic rings. The zero-order chi connectivity index (χ0) is 14.5. The number of amides is 1. The van der Waals surface area contributed by atoms with E-state index in [0.29, 0.717) is 12.1 Å². The Balaban J connectivity index is 1.94. The maximum absolute atomic E-state index is 12.0. The molecule has 1 aliphatic carbocycles. The van der Waals surface area contributed by atoms with Crippen LogP contribution < -0.4 is 5.32 Å². The third-order valence-corrected chi connectivity index (χ3v) is 3.77. The van der Waals surface area contributed by atoms with E-state index in [1.165, 1.54) is 12.1 Å². The number of hydrogen-bond acceptors (Lipinski definition) is 3. The molecule has 0 heterocycles. The lowest BCUT2D eigenvalue weighted by molar-refractivity contribution is 0.0662. The second-order valence-corrected chi connectivity index (χ2v) is 5.21. The standard InChI is InChI=1S/C15H19NO4/c17-13-7-2-1-4-12(13)9-16-14(18)10-5-3-6-11(8-10)15(19)20/h3,5-6,8,12-13,17H,1-2,4,7,9H2,(H,16,18)(H,19,20)/t12-,13+/m0/s1. The minimum Gasteiger partial charge on any atom is -0.478 e. The van der Waals surface area contributed by atoms with Crippen molar-refractivity contribution in [2.45, 2.75) is 31.8 Å². The number of rotatable bonds is 4. The summed E-state index contributed by atoms with van der Waals surface area (Å²) in [5.41, 5.74) is 0.422. The Morgan fingerprint density at radius 3 is 2.60 bits per heavy atom. The summed E-state index contributed by atoms with van der Waals surface area (Å²) >= 11 is 0. The zero-order valence-corrected chi connectivity index (χ0v) is 11.2. The molecule has 0 aromatic heterocycles. The lowest BCUT2D eigenvalue weighted by atomic mass is 9.86. The number of benzene rings is 1. The summed E-state index contributed by atoms with van der Waals surface area (Å²) < 4.78 is 0.